The SMILES string of the molecule is [Zn].c1ccc2sc(SSc3nc4ccccc4s3)nc2c1. The number of fused-ring (bicyclic) bond motifs is 2. The van der Waals surface area contributed by atoms with Gasteiger partial charge in [-0.3, -0.25) is 0 Å². The summed E-state index contributed by atoms with van der Waals surface area (Å²) < 4.78 is 4.63. The van der Waals surface area contributed by atoms with Gasteiger partial charge in [0.2, 0.25) is 0 Å². The van der Waals surface area contributed by atoms with Gasteiger partial charge in [0.1, 0.15) is 0 Å². The van der Waals surface area contributed by atoms with Crippen LogP contribution >= 0.6 is 44.3 Å². The number of hydrogen-bond donors (Lipinski definition) is 0. The molecule has 4 aromatic rings. The Morgan fingerprint density at radius 3 is 1.52 bits per heavy atom. The number of para-hydroxylation sites is 2. The zero-order valence-corrected chi connectivity index (χ0v) is 17.1. The van der Waals surface area contributed by atoms with E-state index in [1.807, 2.05) is 12.1 Å². The molecule has 0 bridgehead atoms. The van der Waals surface area contributed by atoms with Gasteiger partial charge in [-0.1, -0.05) is 24.3 Å². The van der Waals surface area contributed by atoms with E-state index in [2.05, 4.69) is 46.4 Å². The molecule has 0 amide bonds. The van der Waals surface area contributed by atoms with Crippen molar-refractivity contribution in [1.82, 2.24) is 9.97 Å². The van der Waals surface area contributed by atoms with Crippen molar-refractivity contribution in [3.63, 3.8) is 0 Å². The Balaban J connectivity index is 0.00000132. The van der Waals surface area contributed by atoms with Crippen LogP contribution in [0.5, 0.6) is 0 Å². The zero-order valence-electron chi connectivity index (χ0n) is 10.9. The predicted molar refractivity (Wildman–Crippen MR) is 91.0 cm³/mol. The second-order valence-corrected chi connectivity index (χ2v) is 8.75. The van der Waals surface area contributed by atoms with Crippen molar-refractivity contribution < 1.29 is 19.5 Å². The Morgan fingerprint density at radius 2 is 1.10 bits per heavy atom. The van der Waals surface area contributed by atoms with Gasteiger partial charge in [-0.25, -0.2) is 9.97 Å². The van der Waals surface area contributed by atoms with Crippen molar-refractivity contribution in [2.24, 2.45) is 0 Å². The average Bonchev–Trinajstić information content (AvgIpc) is 3.07. The molecule has 0 saturated heterocycles. The molecule has 7 heteroatoms. The molecule has 0 unspecified atom stereocenters. The fourth-order valence-corrected chi connectivity index (χ4v) is 6.34. The predicted octanol–water partition coefficient (Wildman–Crippen LogP) is 5.70. The first-order valence-electron chi connectivity index (χ1n) is 5.94. The molecule has 0 radical (unpaired) electrons. The van der Waals surface area contributed by atoms with Crippen LogP contribution in [-0.4, -0.2) is 9.97 Å². The molecule has 2 aromatic heterocycles. The number of nitrogens with zero attached hydrogens (tertiary/aromatic N) is 2. The van der Waals surface area contributed by atoms with Gasteiger partial charge < -0.3 is 0 Å². The van der Waals surface area contributed by atoms with Crippen LogP contribution in [0, 0.1) is 0 Å². The minimum atomic E-state index is 0. The zero-order chi connectivity index (χ0) is 13.4. The maximum Gasteiger partial charge on any atom is 0.162 e. The summed E-state index contributed by atoms with van der Waals surface area (Å²) in [6.45, 7) is 0. The van der Waals surface area contributed by atoms with Crippen LogP contribution in [0.2, 0.25) is 0 Å². The monoisotopic (exact) mass is 396 g/mol. The number of hydrogen-bond acceptors (Lipinski definition) is 6. The third kappa shape index (κ3) is 3.32. The van der Waals surface area contributed by atoms with Crippen LogP contribution < -0.4 is 0 Å². The van der Waals surface area contributed by atoms with Gasteiger partial charge in [0, 0.05) is 19.5 Å². The summed E-state index contributed by atoms with van der Waals surface area (Å²) in [5.74, 6) is 0. The van der Waals surface area contributed by atoms with Gasteiger partial charge in [0.05, 0.1) is 20.4 Å². The molecule has 0 saturated carbocycles. The second-order valence-electron chi connectivity index (χ2n) is 4.06. The maximum atomic E-state index is 4.62. The molecule has 0 fully saturated rings. The van der Waals surface area contributed by atoms with Crippen molar-refractivity contribution in [3.05, 3.63) is 48.5 Å². The van der Waals surface area contributed by atoms with Crippen LogP contribution in [0.4, 0.5) is 0 Å². The first kappa shape index (κ1) is 15.4. The largest absolute Gasteiger partial charge is 0.229 e. The molecule has 2 aromatic carbocycles. The molecule has 0 atom stereocenters. The smallest absolute Gasteiger partial charge is 0.162 e. The maximum absolute atomic E-state index is 4.62. The summed E-state index contributed by atoms with van der Waals surface area (Å²) in [5, 5.41) is 0. The van der Waals surface area contributed by atoms with Crippen molar-refractivity contribution in [2.75, 3.05) is 0 Å². The van der Waals surface area contributed by atoms with E-state index in [9.17, 15) is 0 Å². The van der Waals surface area contributed by atoms with Crippen LogP contribution in [0.15, 0.2) is 57.2 Å². The Bertz CT molecular complexity index is 747. The topological polar surface area (TPSA) is 25.8 Å². The Kier molecular flexibility index (Phi) is 4.97. The van der Waals surface area contributed by atoms with Gasteiger partial charge in [-0.2, -0.15) is 0 Å². The normalized spacial score (nSPS) is 10.9. The Hall–Kier alpha value is -0.457. The molecule has 0 aliphatic rings. The van der Waals surface area contributed by atoms with E-state index in [0.29, 0.717) is 0 Å². The molecule has 2 nitrogen and oxygen atoms in total. The van der Waals surface area contributed by atoms with Crippen LogP contribution in [0.1, 0.15) is 0 Å². The van der Waals surface area contributed by atoms with E-state index >= 15 is 0 Å². The van der Waals surface area contributed by atoms with E-state index in [1.165, 1.54) is 9.40 Å². The van der Waals surface area contributed by atoms with E-state index in [0.717, 1.165) is 19.7 Å². The Labute approximate surface area is 150 Å². The van der Waals surface area contributed by atoms with Gasteiger partial charge in [0.15, 0.2) is 8.68 Å². The van der Waals surface area contributed by atoms with Crippen molar-refractivity contribution >= 4 is 64.7 Å². The molecule has 0 aliphatic carbocycles. The molecule has 0 N–H and O–H groups in total. The van der Waals surface area contributed by atoms with Gasteiger partial charge in [-0.05, 0) is 45.9 Å². The van der Waals surface area contributed by atoms with Gasteiger partial charge >= 0.3 is 0 Å². The fraction of sp³-hybridized carbons (Fsp3) is 0. The molecule has 0 aliphatic heterocycles. The third-order valence-electron chi connectivity index (χ3n) is 2.73. The molecule has 0 spiro atoms. The summed E-state index contributed by atoms with van der Waals surface area (Å²) in [5.41, 5.74) is 2.15. The first-order chi connectivity index (χ1) is 9.88. The summed E-state index contributed by atoms with van der Waals surface area (Å²) in [6, 6.07) is 16.5. The minimum absolute atomic E-state index is 0. The minimum Gasteiger partial charge on any atom is -0.229 e. The molecule has 4 rings (SSSR count). The molecular weight excluding hydrogens is 390 g/mol. The summed E-state index contributed by atoms with van der Waals surface area (Å²) in [6.07, 6.45) is 0. The molecular formula is C14H8N2S4Zn. The standard InChI is InChI=1S/C14H8N2S4.Zn/c1-3-7-11-9(5-1)15-13(17-11)19-20-14-16-10-6-2-4-8-12(10)18-14;/h1-8H;. The number of thiazole rings is 2. The number of aromatic nitrogens is 2. The third-order valence-corrected chi connectivity index (χ3v) is 7.78. The van der Waals surface area contributed by atoms with E-state index in [1.54, 1.807) is 44.3 Å². The van der Waals surface area contributed by atoms with Crippen LogP contribution in [-0.2, 0) is 19.5 Å². The van der Waals surface area contributed by atoms with Crippen molar-refractivity contribution in [1.29, 1.82) is 0 Å². The first-order valence-corrected chi connectivity index (χ1v) is 9.72. The molecule has 100 valence electrons. The molecule has 21 heavy (non-hydrogen) atoms. The number of benzene rings is 2. The molecule has 2 heterocycles. The summed E-state index contributed by atoms with van der Waals surface area (Å²) in [7, 11) is 3.37. The van der Waals surface area contributed by atoms with Gasteiger partial charge in [0.25, 0.3) is 0 Å². The number of rotatable bonds is 3. The quantitative estimate of drug-likeness (QED) is 0.327. The van der Waals surface area contributed by atoms with Crippen LogP contribution in [0.3, 0.4) is 0 Å². The van der Waals surface area contributed by atoms with Crippen molar-refractivity contribution in [3.8, 4) is 0 Å². The second kappa shape index (κ2) is 6.75. The van der Waals surface area contributed by atoms with E-state index < -0.39 is 0 Å². The van der Waals surface area contributed by atoms with Crippen molar-refractivity contribution in [2.45, 2.75) is 8.68 Å². The van der Waals surface area contributed by atoms with E-state index in [4.69, 9.17) is 0 Å². The average molecular weight is 398 g/mol. The van der Waals surface area contributed by atoms with E-state index in [-0.39, 0.29) is 19.5 Å². The van der Waals surface area contributed by atoms with Gasteiger partial charge in [-0.15, -0.1) is 22.7 Å². The summed E-state index contributed by atoms with van der Waals surface area (Å²) in [4.78, 5) is 9.24. The van der Waals surface area contributed by atoms with Crippen LogP contribution in [0.25, 0.3) is 20.4 Å². The fourth-order valence-electron chi connectivity index (χ4n) is 1.84. The Morgan fingerprint density at radius 1 is 0.667 bits per heavy atom. The summed E-state index contributed by atoms with van der Waals surface area (Å²) >= 11 is 3.46.